The van der Waals surface area contributed by atoms with Crippen molar-refractivity contribution in [3.8, 4) is 17.6 Å². The van der Waals surface area contributed by atoms with Crippen LogP contribution >= 0.6 is 0 Å². The maximum absolute atomic E-state index is 12.5. The van der Waals surface area contributed by atoms with Crippen molar-refractivity contribution >= 4 is 22.4 Å². The number of rotatable bonds is 8. The summed E-state index contributed by atoms with van der Waals surface area (Å²) in [5.74, 6) is 7.26. The van der Waals surface area contributed by atoms with Crippen LogP contribution in [0, 0.1) is 17.8 Å². The van der Waals surface area contributed by atoms with Crippen molar-refractivity contribution in [2.24, 2.45) is 5.92 Å². The number of hydrogen-bond donors (Lipinski definition) is 0. The van der Waals surface area contributed by atoms with Gasteiger partial charge in [0, 0.05) is 18.4 Å². The molecule has 0 amide bonds. The Balaban J connectivity index is 2.19. The van der Waals surface area contributed by atoms with Crippen LogP contribution < -0.4 is 4.74 Å². The quantitative estimate of drug-likeness (QED) is 0.236. The Morgan fingerprint density at radius 3 is 2.21 bits per heavy atom. The van der Waals surface area contributed by atoms with Crippen molar-refractivity contribution in [1.29, 1.82) is 0 Å². The number of Topliss-reactive ketones (excluding diaryl/α,β-unsaturated/α-hetero) is 1. The van der Waals surface area contributed by atoms with Gasteiger partial charge >= 0.3 is 0 Å². The molecule has 1 unspecified atom stereocenters. The van der Waals surface area contributed by atoms with Gasteiger partial charge in [0.05, 0.1) is 17.6 Å². The van der Waals surface area contributed by atoms with Gasteiger partial charge < -0.3 is 13.6 Å². The molecule has 3 atom stereocenters. The first-order valence-electron chi connectivity index (χ1n) is 11.8. The van der Waals surface area contributed by atoms with E-state index < -0.39 is 22.2 Å². The minimum atomic E-state index is -2.03. The Hall–Kier alpha value is -1.66. The highest BCUT2D eigenvalue weighted by Gasteiger charge is 2.45. The van der Waals surface area contributed by atoms with Gasteiger partial charge in [0.1, 0.15) is 12.4 Å². The molecule has 1 saturated carbocycles. The van der Waals surface area contributed by atoms with E-state index in [-0.39, 0.29) is 22.8 Å². The van der Waals surface area contributed by atoms with Crippen LogP contribution in [0.2, 0.25) is 37.8 Å². The molecule has 1 aliphatic carbocycles. The predicted octanol–water partition coefficient (Wildman–Crippen LogP) is 6.60. The molecular weight excluding hydrogens is 444 g/mol. The average Bonchev–Trinajstić information content (AvgIpc) is 2.92. The third-order valence-electron chi connectivity index (χ3n) is 6.30. The molecule has 182 valence electrons. The molecular formula is C27H42O4Si2. The lowest BCUT2D eigenvalue weighted by molar-refractivity contribution is -0.115. The van der Waals surface area contributed by atoms with Crippen LogP contribution in [-0.4, -0.2) is 40.7 Å². The summed E-state index contributed by atoms with van der Waals surface area (Å²) in [4.78, 5) is 12.5. The summed E-state index contributed by atoms with van der Waals surface area (Å²) in [7, 11) is -3.87. The van der Waals surface area contributed by atoms with Crippen molar-refractivity contribution in [2.45, 2.75) is 90.0 Å². The van der Waals surface area contributed by atoms with E-state index >= 15 is 0 Å². The summed E-state index contributed by atoms with van der Waals surface area (Å²) in [5.41, 5.74) is 0.0205. The van der Waals surface area contributed by atoms with Crippen LogP contribution in [0.15, 0.2) is 42.5 Å². The van der Waals surface area contributed by atoms with Gasteiger partial charge in [-0.1, -0.05) is 57.4 Å². The predicted molar refractivity (Wildman–Crippen MR) is 141 cm³/mol. The van der Waals surface area contributed by atoms with E-state index in [9.17, 15) is 4.79 Å². The molecule has 0 aliphatic heterocycles. The van der Waals surface area contributed by atoms with Crippen LogP contribution in [0.1, 0.15) is 40.5 Å². The van der Waals surface area contributed by atoms with E-state index in [2.05, 4.69) is 78.8 Å². The largest absolute Gasteiger partial charge is 0.491 e. The first kappa shape index (κ1) is 27.6. The van der Waals surface area contributed by atoms with Gasteiger partial charge in [0.25, 0.3) is 0 Å². The van der Waals surface area contributed by atoms with Crippen molar-refractivity contribution in [2.75, 3.05) is 6.61 Å². The number of hydrogen-bond acceptors (Lipinski definition) is 4. The lowest BCUT2D eigenvalue weighted by Gasteiger charge is -2.39. The third kappa shape index (κ3) is 7.96. The molecule has 0 aromatic heterocycles. The number of para-hydroxylation sites is 1. The summed E-state index contributed by atoms with van der Waals surface area (Å²) in [6, 6.07) is 9.76. The monoisotopic (exact) mass is 486 g/mol. The van der Waals surface area contributed by atoms with Crippen molar-refractivity contribution in [3.63, 3.8) is 0 Å². The number of ketones is 1. The second-order valence-electron chi connectivity index (χ2n) is 11.8. The van der Waals surface area contributed by atoms with E-state index in [0.717, 1.165) is 5.75 Å². The van der Waals surface area contributed by atoms with Gasteiger partial charge in [0.15, 0.2) is 22.4 Å². The summed E-state index contributed by atoms with van der Waals surface area (Å²) in [6.07, 6.45) is 0.655. The summed E-state index contributed by atoms with van der Waals surface area (Å²) in [6.45, 7) is 24.1. The van der Waals surface area contributed by atoms with Crippen LogP contribution in [-0.2, 0) is 13.6 Å². The normalized spacial score (nSPS) is 21.4. The highest BCUT2D eigenvalue weighted by molar-refractivity contribution is 6.74. The van der Waals surface area contributed by atoms with Crippen LogP contribution in [0.3, 0.4) is 0 Å². The molecule has 0 heterocycles. The highest BCUT2D eigenvalue weighted by atomic mass is 28.4. The van der Waals surface area contributed by atoms with Crippen LogP contribution in [0.4, 0.5) is 0 Å². The molecule has 1 aliphatic rings. The number of ether oxygens (including phenoxy) is 1. The van der Waals surface area contributed by atoms with Gasteiger partial charge in [-0.25, -0.2) is 0 Å². The van der Waals surface area contributed by atoms with Crippen LogP contribution in [0.25, 0.3) is 0 Å². The fourth-order valence-corrected chi connectivity index (χ4v) is 6.57. The smallest absolute Gasteiger partial charge is 0.192 e. The number of carbonyl (C=O) groups excluding carboxylic acids is 1. The maximum Gasteiger partial charge on any atom is 0.192 e. The molecule has 33 heavy (non-hydrogen) atoms. The van der Waals surface area contributed by atoms with Crippen molar-refractivity contribution < 1.29 is 18.4 Å². The van der Waals surface area contributed by atoms with Crippen LogP contribution in [0.5, 0.6) is 5.75 Å². The standard InChI is InChI=1S/C27H42O4Si2/c1-21-23(25(19-24(21)28)30-33(9,10)26(2,3)4)17-14-18-27(5,31-32(6,7)8)20-29-22-15-12-11-13-16-22/h11-13,15-16,23,25H,1,18-20H2,2-10H3/t23-,25-,27?/m1/s1. The van der Waals surface area contributed by atoms with E-state index in [4.69, 9.17) is 13.6 Å². The minimum absolute atomic E-state index is 0.0616. The lowest BCUT2D eigenvalue weighted by atomic mass is 10.00. The molecule has 1 fully saturated rings. The summed E-state index contributed by atoms with van der Waals surface area (Å²) >= 11 is 0. The number of carbonyl (C=O) groups is 1. The SMILES string of the molecule is C=C1C(=O)C[C@@H](O[Si](C)(C)C(C)(C)C)[C@@H]1C#CCC(C)(COc1ccccc1)O[Si](C)(C)C. The Kier molecular flexibility index (Phi) is 8.62. The zero-order valence-electron chi connectivity index (χ0n) is 22.0. The Morgan fingerprint density at radius 2 is 1.67 bits per heavy atom. The molecule has 4 nitrogen and oxygen atoms in total. The minimum Gasteiger partial charge on any atom is -0.491 e. The zero-order chi connectivity index (χ0) is 25.1. The van der Waals surface area contributed by atoms with Gasteiger partial charge in [0.2, 0.25) is 0 Å². The summed E-state index contributed by atoms with van der Waals surface area (Å²) < 4.78 is 19.1. The van der Waals surface area contributed by atoms with Gasteiger partial charge in [-0.15, -0.1) is 0 Å². The molecule has 1 aromatic carbocycles. The Labute approximate surface area is 203 Å². The third-order valence-corrected chi connectivity index (χ3v) is 11.9. The van der Waals surface area contributed by atoms with E-state index in [1.807, 2.05) is 30.3 Å². The van der Waals surface area contributed by atoms with E-state index in [1.165, 1.54) is 0 Å². The molecule has 1 aromatic rings. The topological polar surface area (TPSA) is 44.8 Å². The molecule has 0 bridgehead atoms. The van der Waals surface area contributed by atoms with Crippen molar-refractivity contribution in [3.05, 3.63) is 42.5 Å². The zero-order valence-corrected chi connectivity index (χ0v) is 24.0. The average molecular weight is 487 g/mol. The molecule has 0 spiro atoms. The van der Waals surface area contributed by atoms with Crippen molar-refractivity contribution in [1.82, 2.24) is 0 Å². The molecule has 0 N–H and O–H groups in total. The molecule has 6 heteroatoms. The summed E-state index contributed by atoms with van der Waals surface area (Å²) in [5, 5.41) is 0.0659. The van der Waals surface area contributed by atoms with Gasteiger partial charge in [-0.3, -0.25) is 4.79 Å². The second kappa shape index (κ2) is 10.3. The fraction of sp³-hybridized carbons (Fsp3) is 0.593. The second-order valence-corrected chi connectivity index (χ2v) is 21.0. The maximum atomic E-state index is 12.5. The first-order chi connectivity index (χ1) is 15.0. The van der Waals surface area contributed by atoms with Gasteiger partial charge in [-0.05, 0) is 56.8 Å². The van der Waals surface area contributed by atoms with E-state index in [0.29, 0.717) is 25.0 Å². The fourth-order valence-electron chi connectivity index (χ4n) is 3.63. The number of benzene rings is 1. The first-order valence-corrected chi connectivity index (χ1v) is 18.1. The lowest BCUT2D eigenvalue weighted by Crippen LogP contribution is -2.45. The molecule has 2 rings (SSSR count). The Morgan fingerprint density at radius 1 is 1.06 bits per heavy atom. The highest BCUT2D eigenvalue weighted by Crippen LogP contribution is 2.41. The molecule has 0 saturated heterocycles. The van der Waals surface area contributed by atoms with E-state index in [1.54, 1.807) is 0 Å². The van der Waals surface area contributed by atoms with Gasteiger partial charge in [-0.2, -0.15) is 0 Å². The Bertz CT molecular complexity index is 900. The molecule has 0 radical (unpaired) electrons.